The summed E-state index contributed by atoms with van der Waals surface area (Å²) in [5.74, 6) is -1.73. The lowest BCUT2D eigenvalue weighted by Gasteiger charge is -2.15. The second-order valence-corrected chi connectivity index (χ2v) is 10.8. The normalized spacial score (nSPS) is 13.0. The summed E-state index contributed by atoms with van der Waals surface area (Å²) in [6.45, 7) is 2.56. The van der Waals surface area contributed by atoms with Gasteiger partial charge in [-0.05, 0) is 80.6 Å². The molecule has 2 aromatic carbocycles. The van der Waals surface area contributed by atoms with Crippen molar-refractivity contribution in [3.63, 3.8) is 0 Å². The molecule has 0 heterocycles. The lowest BCUT2D eigenvalue weighted by Crippen LogP contribution is -2.29. The molecule has 10 nitrogen and oxygen atoms in total. The Hall–Kier alpha value is -3.12. The first-order valence-electron chi connectivity index (χ1n) is 14.3. The van der Waals surface area contributed by atoms with Gasteiger partial charge in [0, 0.05) is 28.2 Å². The summed E-state index contributed by atoms with van der Waals surface area (Å²) in [5, 5.41) is 19.5. The number of carbonyl (C=O) groups is 4. The summed E-state index contributed by atoms with van der Waals surface area (Å²) in [6.07, 6.45) is 11.0. The molecule has 0 aliphatic heterocycles. The number of aliphatic carboxylic acids is 2. The highest BCUT2D eigenvalue weighted by molar-refractivity contribution is 9.10. The summed E-state index contributed by atoms with van der Waals surface area (Å²) in [7, 11) is 0. The van der Waals surface area contributed by atoms with Crippen molar-refractivity contribution >= 4 is 45.7 Å². The van der Waals surface area contributed by atoms with Crippen molar-refractivity contribution in [3.8, 4) is 0 Å². The Morgan fingerprint density at radius 3 is 2.02 bits per heavy atom. The van der Waals surface area contributed by atoms with Crippen molar-refractivity contribution in [2.75, 3.05) is 11.9 Å². The number of rotatable bonds is 11. The predicted molar refractivity (Wildman–Crippen MR) is 170 cm³/mol. The SMILES string of the molecule is CCCC(=O)Nc1ccc(C=O)cc1.NC1CCCCC1.NCCCCC(N)C(=O)O.O=C(O)Cc1ccc(Br)cc1. The van der Waals surface area contributed by atoms with Gasteiger partial charge in [-0.1, -0.05) is 60.7 Å². The van der Waals surface area contributed by atoms with Gasteiger partial charge in [0.1, 0.15) is 12.3 Å². The molecule has 3 rings (SSSR count). The smallest absolute Gasteiger partial charge is 0.320 e. The van der Waals surface area contributed by atoms with Crippen LogP contribution in [0.2, 0.25) is 0 Å². The number of anilines is 1. The Morgan fingerprint density at radius 2 is 1.60 bits per heavy atom. The monoisotopic (exact) mass is 650 g/mol. The van der Waals surface area contributed by atoms with E-state index in [1.54, 1.807) is 36.4 Å². The van der Waals surface area contributed by atoms with Gasteiger partial charge >= 0.3 is 11.9 Å². The topological polar surface area (TPSA) is 199 Å². The van der Waals surface area contributed by atoms with Crippen LogP contribution in [-0.4, -0.2) is 53.0 Å². The minimum absolute atomic E-state index is 0.00588. The predicted octanol–water partition coefficient (Wildman–Crippen LogP) is 5.12. The number of nitrogens with one attached hydrogen (secondary N) is 1. The second kappa shape index (κ2) is 24.5. The van der Waals surface area contributed by atoms with E-state index in [1.165, 1.54) is 32.1 Å². The van der Waals surface area contributed by atoms with Gasteiger partial charge in [0.15, 0.2) is 0 Å². The van der Waals surface area contributed by atoms with E-state index in [-0.39, 0.29) is 12.3 Å². The Labute approximate surface area is 257 Å². The van der Waals surface area contributed by atoms with Gasteiger partial charge in [0.2, 0.25) is 5.91 Å². The number of carbonyl (C=O) groups excluding carboxylic acids is 2. The van der Waals surface area contributed by atoms with Gasteiger partial charge in [-0.2, -0.15) is 0 Å². The molecule has 2 aromatic rings. The van der Waals surface area contributed by atoms with Crippen LogP contribution in [0.5, 0.6) is 0 Å². The zero-order valence-electron chi connectivity index (χ0n) is 24.5. The van der Waals surface area contributed by atoms with Crippen LogP contribution in [0.1, 0.15) is 87.1 Å². The van der Waals surface area contributed by atoms with E-state index in [4.69, 9.17) is 27.4 Å². The number of carboxylic acid groups (broad SMARTS) is 2. The van der Waals surface area contributed by atoms with Crippen LogP contribution in [0, 0.1) is 0 Å². The molecule has 0 radical (unpaired) electrons. The number of aldehydes is 1. The Balaban J connectivity index is 0.000000548. The van der Waals surface area contributed by atoms with Crippen molar-refractivity contribution in [2.45, 2.75) is 89.6 Å². The van der Waals surface area contributed by atoms with E-state index in [0.29, 0.717) is 31.0 Å². The maximum absolute atomic E-state index is 11.2. The lowest BCUT2D eigenvalue weighted by atomic mass is 9.97. The molecule has 9 N–H and O–H groups in total. The summed E-state index contributed by atoms with van der Waals surface area (Å²) in [4.78, 5) is 41.9. The molecular weight excluding hydrogens is 604 g/mol. The summed E-state index contributed by atoms with van der Waals surface area (Å²) in [5.41, 5.74) is 18.2. The van der Waals surface area contributed by atoms with E-state index < -0.39 is 18.0 Å². The van der Waals surface area contributed by atoms with E-state index in [2.05, 4.69) is 21.2 Å². The summed E-state index contributed by atoms with van der Waals surface area (Å²) in [6, 6.07) is 13.9. The number of benzene rings is 2. The first-order valence-corrected chi connectivity index (χ1v) is 15.1. The maximum atomic E-state index is 11.2. The molecule has 0 spiro atoms. The molecule has 1 aliphatic rings. The minimum atomic E-state index is -0.933. The number of halogens is 1. The van der Waals surface area contributed by atoms with E-state index in [0.717, 1.165) is 41.3 Å². The Bertz CT molecular complexity index is 1030. The molecule has 1 atom stereocenters. The Kier molecular flexibility index (Phi) is 22.7. The van der Waals surface area contributed by atoms with Crippen molar-refractivity contribution in [2.24, 2.45) is 17.2 Å². The summed E-state index contributed by atoms with van der Waals surface area (Å²) >= 11 is 3.26. The molecule has 1 aliphatic carbocycles. The molecular formula is C31H47BrN4O6. The third kappa shape index (κ3) is 21.6. The van der Waals surface area contributed by atoms with Gasteiger partial charge in [-0.3, -0.25) is 19.2 Å². The van der Waals surface area contributed by atoms with Crippen molar-refractivity contribution in [3.05, 3.63) is 64.1 Å². The molecule has 42 heavy (non-hydrogen) atoms. The highest BCUT2D eigenvalue weighted by Crippen LogP contribution is 2.15. The summed E-state index contributed by atoms with van der Waals surface area (Å²) < 4.78 is 0.964. The molecule has 1 unspecified atom stereocenters. The average Bonchev–Trinajstić information content (AvgIpc) is 2.96. The molecule has 234 valence electrons. The van der Waals surface area contributed by atoms with E-state index in [9.17, 15) is 19.2 Å². The quantitative estimate of drug-likeness (QED) is 0.141. The van der Waals surface area contributed by atoms with Crippen LogP contribution in [0.25, 0.3) is 0 Å². The highest BCUT2D eigenvalue weighted by atomic mass is 79.9. The second-order valence-electron chi connectivity index (χ2n) is 9.86. The Morgan fingerprint density at radius 1 is 1.00 bits per heavy atom. The van der Waals surface area contributed by atoms with E-state index >= 15 is 0 Å². The van der Waals surface area contributed by atoms with Crippen LogP contribution >= 0.6 is 15.9 Å². The molecule has 0 saturated heterocycles. The number of nitrogens with two attached hydrogens (primary N) is 3. The van der Waals surface area contributed by atoms with Gasteiger partial charge < -0.3 is 32.7 Å². The number of hydrogen-bond donors (Lipinski definition) is 6. The fourth-order valence-corrected chi connectivity index (χ4v) is 3.90. The first kappa shape index (κ1) is 38.9. The molecule has 11 heteroatoms. The van der Waals surface area contributed by atoms with Gasteiger partial charge in [0.25, 0.3) is 0 Å². The van der Waals surface area contributed by atoms with Crippen molar-refractivity contribution in [1.82, 2.24) is 0 Å². The largest absolute Gasteiger partial charge is 0.481 e. The van der Waals surface area contributed by atoms with Crippen LogP contribution in [0.4, 0.5) is 5.69 Å². The fraction of sp³-hybridized carbons (Fsp3) is 0.484. The van der Waals surface area contributed by atoms with Crippen LogP contribution in [0.15, 0.2) is 53.0 Å². The third-order valence-corrected chi connectivity index (χ3v) is 6.54. The van der Waals surface area contributed by atoms with Crippen LogP contribution in [-0.2, 0) is 20.8 Å². The highest BCUT2D eigenvalue weighted by Gasteiger charge is 2.09. The van der Waals surface area contributed by atoms with Crippen molar-refractivity contribution in [1.29, 1.82) is 0 Å². The van der Waals surface area contributed by atoms with E-state index in [1.807, 2.05) is 19.1 Å². The molecule has 1 fully saturated rings. The molecule has 1 saturated carbocycles. The van der Waals surface area contributed by atoms with Gasteiger partial charge in [-0.25, -0.2) is 0 Å². The zero-order valence-corrected chi connectivity index (χ0v) is 26.1. The van der Waals surface area contributed by atoms with Crippen molar-refractivity contribution < 1.29 is 29.4 Å². The third-order valence-electron chi connectivity index (χ3n) is 6.01. The fourth-order valence-electron chi connectivity index (χ4n) is 3.64. The minimum Gasteiger partial charge on any atom is -0.481 e. The zero-order chi connectivity index (χ0) is 31.8. The number of unbranched alkanes of at least 4 members (excludes halogenated alkanes) is 1. The molecule has 0 bridgehead atoms. The lowest BCUT2D eigenvalue weighted by molar-refractivity contribution is -0.139. The van der Waals surface area contributed by atoms with Gasteiger partial charge in [-0.15, -0.1) is 0 Å². The molecule has 1 amide bonds. The number of amides is 1. The average molecular weight is 652 g/mol. The molecule has 0 aromatic heterocycles. The number of carboxylic acids is 2. The number of hydrogen-bond acceptors (Lipinski definition) is 7. The van der Waals surface area contributed by atoms with Crippen LogP contribution < -0.4 is 22.5 Å². The maximum Gasteiger partial charge on any atom is 0.320 e. The standard InChI is InChI=1S/C11H13NO2.C8H7BrO2.C6H14N2O2.C6H13N/c1-2-3-11(14)12-10-6-4-9(8-13)5-7-10;9-7-3-1-6(2-4-7)5-8(10)11;7-4-2-1-3-5(8)6(9)10;7-6-4-2-1-3-5-6/h4-8H,2-3H2,1H3,(H,12,14);1-4H,5H2,(H,10,11);5H,1-4,7-8H2,(H,9,10);6H,1-5,7H2. The first-order chi connectivity index (χ1) is 20.0. The van der Waals surface area contributed by atoms with Gasteiger partial charge in [0.05, 0.1) is 6.42 Å². The van der Waals surface area contributed by atoms with Crippen LogP contribution in [0.3, 0.4) is 0 Å².